The van der Waals surface area contributed by atoms with Gasteiger partial charge >= 0.3 is 0 Å². The second-order valence-electron chi connectivity index (χ2n) is 4.83. The van der Waals surface area contributed by atoms with E-state index in [1.807, 2.05) is 25.1 Å². The highest BCUT2D eigenvalue weighted by Crippen LogP contribution is 2.23. The van der Waals surface area contributed by atoms with Crippen LogP contribution in [0.3, 0.4) is 0 Å². The number of rotatable bonds is 4. The molecule has 0 aliphatic carbocycles. The normalized spacial score (nSPS) is 11.1. The summed E-state index contributed by atoms with van der Waals surface area (Å²) < 4.78 is 22.9. The highest BCUT2D eigenvalue weighted by molar-refractivity contribution is 7.90. The number of thiocarbonyl (C=S) groups is 1. The van der Waals surface area contributed by atoms with Crippen molar-refractivity contribution in [1.82, 2.24) is 0 Å². The second-order valence-corrected chi connectivity index (χ2v) is 7.29. The van der Waals surface area contributed by atoms with Crippen LogP contribution in [0.5, 0.6) is 0 Å². The van der Waals surface area contributed by atoms with Crippen molar-refractivity contribution in [3.63, 3.8) is 0 Å². The van der Waals surface area contributed by atoms with E-state index in [0.717, 1.165) is 22.5 Å². The molecule has 0 radical (unpaired) electrons. The first-order valence-electron chi connectivity index (χ1n) is 6.25. The van der Waals surface area contributed by atoms with Gasteiger partial charge in [0.25, 0.3) is 0 Å². The molecule has 0 aliphatic heterocycles. The molecule has 0 bridgehead atoms. The number of nitrogens with two attached hydrogens (primary N) is 1. The van der Waals surface area contributed by atoms with Crippen LogP contribution in [-0.4, -0.2) is 19.7 Å². The largest absolute Gasteiger partial charge is 0.389 e. The molecule has 0 atom stereocenters. The Bertz CT molecular complexity index is 782. The zero-order chi connectivity index (χ0) is 15.6. The lowest BCUT2D eigenvalue weighted by Gasteiger charge is -2.12. The van der Waals surface area contributed by atoms with Crippen molar-refractivity contribution in [2.45, 2.75) is 11.8 Å². The van der Waals surface area contributed by atoms with Crippen molar-refractivity contribution >= 4 is 38.4 Å². The van der Waals surface area contributed by atoms with E-state index in [2.05, 4.69) is 5.32 Å². The topological polar surface area (TPSA) is 72.2 Å². The highest BCUT2D eigenvalue weighted by Gasteiger charge is 2.08. The van der Waals surface area contributed by atoms with E-state index in [1.54, 1.807) is 24.3 Å². The predicted octanol–water partition coefficient (Wildman–Crippen LogP) is 2.78. The minimum absolute atomic E-state index is 0.284. The van der Waals surface area contributed by atoms with Crippen LogP contribution < -0.4 is 11.1 Å². The summed E-state index contributed by atoms with van der Waals surface area (Å²) in [6.45, 7) is 1.97. The molecule has 0 unspecified atom stereocenters. The maximum absolute atomic E-state index is 11.4. The summed E-state index contributed by atoms with van der Waals surface area (Å²) in [6, 6.07) is 12.3. The van der Waals surface area contributed by atoms with Gasteiger partial charge in [0.2, 0.25) is 0 Å². The van der Waals surface area contributed by atoms with E-state index in [9.17, 15) is 8.42 Å². The van der Waals surface area contributed by atoms with E-state index < -0.39 is 9.84 Å². The van der Waals surface area contributed by atoms with E-state index in [1.165, 1.54) is 6.26 Å². The Morgan fingerprint density at radius 1 is 1.14 bits per heavy atom. The van der Waals surface area contributed by atoms with Crippen LogP contribution in [0.2, 0.25) is 0 Å². The number of hydrogen-bond donors (Lipinski definition) is 2. The van der Waals surface area contributed by atoms with Gasteiger partial charge in [0, 0.05) is 23.2 Å². The molecule has 21 heavy (non-hydrogen) atoms. The third-order valence-corrected chi connectivity index (χ3v) is 4.35. The summed E-state index contributed by atoms with van der Waals surface area (Å²) in [5, 5.41) is 3.21. The van der Waals surface area contributed by atoms with Gasteiger partial charge in [-0.05, 0) is 48.9 Å². The van der Waals surface area contributed by atoms with Crippen molar-refractivity contribution in [3.05, 3.63) is 53.6 Å². The molecule has 0 spiro atoms. The van der Waals surface area contributed by atoms with Crippen LogP contribution in [-0.2, 0) is 9.84 Å². The summed E-state index contributed by atoms with van der Waals surface area (Å²) in [7, 11) is -3.19. The van der Waals surface area contributed by atoms with Crippen molar-refractivity contribution < 1.29 is 8.42 Å². The van der Waals surface area contributed by atoms with Crippen molar-refractivity contribution in [3.8, 4) is 0 Å². The van der Waals surface area contributed by atoms with Crippen LogP contribution in [0.15, 0.2) is 47.4 Å². The van der Waals surface area contributed by atoms with Crippen LogP contribution in [0.4, 0.5) is 11.4 Å². The van der Waals surface area contributed by atoms with Gasteiger partial charge in [-0.15, -0.1) is 0 Å². The standard InChI is InChI=1S/C15H16N2O2S2/c1-10-3-8-13(15(16)20)14(9-10)17-11-4-6-12(7-5-11)21(2,18)19/h3-9,17H,1-2H3,(H2,16,20). The fourth-order valence-corrected chi connectivity index (χ4v) is 2.73. The van der Waals surface area contributed by atoms with Gasteiger partial charge in [0.1, 0.15) is 4.99 Å². The number of sulfone groups is 1. The minimum Gasteiger partial charge on any atom is -0.389 e. The number of hydrogen-bond acceptors (Lipinski definition) is 4. The average Bonchev–Trinajstić information content (AvgIpc) is 2.38. The van der Waals surface area contributed by atoms with Gasteiger partial charge in [0.15, 0.2) is 9.84 Å². The lowest BCUT2D eigenvalue weighted by molar-refractivity contribution is 0.602. The number of anilines is 2. The Morgan fingerprint density at radius 2 is 1.76 bits per heavy atom. The number of aryl methyl sites for hydroxylation is 1. The molecule has 0 saturated heterocycles. The van der Waals surface area contributed by atoms with E-state index in [0.29, 0.717) is 4.99 Å². The van der Waals surface area contributed by atoms with Gasteiger partial charge in [0.05, 0.1) is 4.90 Å². The van der Waals surface area contributed by atoms with E-state index >= 15 is 0 Å². The molecule has 2 aromatic rings. The third kappa shape index (κ3) is 3.80. The van der Waals surface area contributed by atoms with Crippen molar-refractivity contribution in [2.75, 3.05) is 11.6 Å². The third-order valence-electron chi connectivity index (χ3n) is 3.00. The SMILES string of the molecule is Cc1ccc(C(N)=S)c(Nc2ccc(S(C)(=O)=O)cc2)c1. The molecule has 3 N–H and O–H groups in total. The number of benzene rings is 2. The molecular weight excluding hydrogens is 304 g/mol. The van der Waals surface area contributed by atoms with E-state index in [4.69, 9.17) is 18.0 Å². The zero-order valence-electron chi connectivity index (χ0n) is 11.8. The van der Waals surface area contributed by atoms with Crippen molar-refractivity contribution in [2.24, 2.45) is 5.73 Å². The molecule has 0 aromatic heterocycles. The number of nitrogens with one attached hydrogen (secondary N) is 1. The van der Waals surface area contributed by atoms with Crippen LogP contribution in [0, 0.1) is 6.92 Å². The molecular formula is C15H16N2O2S2. The monoisotopic (exact) mass is 320 g/mol. The molecule has 2 aromatic carbocycles. The van der Waals surface area contributed by atoms with Crippen LogP contribution in [0.25, 0.3) is 0 Å². The first-order chi connectivity index (χ1) is 9.77. The zero-order valence-corrected chi connectivity index (χ0v) is 13.4. The molecule has 2 rings (SSSR count). The quantitative estimate of drug-likeness (QED) is 0.848. The smallest absolute Gasteiger partial charge is 0.175 e. The summed E-state index contributed by atoms with van der Waals surface area (Å²) in [5.74, 6) is 0. The van der Waals surface area contributed by atoms with Gasteiger partial charge in [-0.2, -0.15) is 0 Å². The maximum Gasteiger partial charge on any atom is 0.175 e. The minimum atomic E-state index is -3.19. The van der Waals surface area contributed by atoms with Gasteiger partial charge in [-0.1, -0.05) is 18.3 Å². The molecule has 110 valence electrons. The predicted molar refractivity (Wildman–Crippen MR) is 89.9 cm³/mol. The second kappa shape index (κ2) is 5.83. The summed E-state index contributed by atoms with van der Waals surface area (Å²) >= 11 is 5.04. The summed E-state index contributed by atoms with van der Waals surface area (Å²) in [6.07, 6.45) is 1.18. The fourth-order valence-electron chi connectivity index (χ4n) is 1.92. The Hall–Kier alpha value is -1.92. The summed E-state index contributed by atoms with van der Waals surface area (Å²) in [4.78, 5) is 0.595. The Labute approximate surface area is 129 Å². The summed E-state index contributed by atoms with van der Waals surface area (Å²) in [5.41, 5.74) is 9.11. The molecule has 0 saturated carbocycles. The first kappa shape index (κ1) is 15.5. The molecule has 0 fully saturated rings. The lowest BCUT2D eigenvalue weighted by atomic mass is 10.1. The highest BCUT2D eigenvalue weighted by atomic mass is 32.2. The molecule has 0 amide bonds. The first-order valence-corrected chi connectivity index (χ1v) is 8.55. The van der Waals surface area contributed by atoms with Gasteiger partial charge in [-0.3, -0.25) is 0 Å². The molecule has 0 aliphatic rings. The Kier molecular flexibility index (Phi) is 4.29. The average molecular weight is 320 g/mol. The molecule has 0 heterocycles. The van der Waals surface area contributed by atoms with Gasteiger partial charge in [-0.25, -0.2) is 8.42 Å². The Balaban J connectivity index is 2.34. The van der Waals surface area contributed by atoms with Crippen molar-refractivity contribution in [1.29, 1.82) is 0 Å². The fraction of sp³-hybridized carbons (Fsp3) is 0.133. The maximum atomic E-state index is 11.4. The molecule has 6 heteroatoms. The molecule has 4 nitrogen and oxygen atoms in total. The van der Waals surface area contributed by atoms with E-state index in [-0.39, 0.29) is 4.90 Å². The van der Waals surface area contributed by atoms with Crippen LogP contribution in [0.1, 0.15) is 11.1 Å². The van der Waals surface area contributed by atoms with Crippen LogP contribution >= 0.6 is 12.2 Å². The van der Waals surface area contributed by atoms with Gasteiger partial charge < -0.3 is 11.1 Å². The Morgan fingerprint density at radius 3 is 2.29 bits per heavy atom. The lowest BCUT2D eigenvalue weighted by Crippen LogP contribution is -2.12.